The van der Waals surface area contributed by atoms with Crippen LogP contribution in [0.4, 0.5) is 5.69 Å². The van der Waals surface area contributed by atoms with E-state index in [-0.39, 0.29) is 0 Å². The summed E-state index contributed by atoms with van der Waals surface area (Å²) < 4.78 is 0. The molecular formula is C11H15N. The molecule has 0 heterocycles. The lowest BCUT2D eigenvalue weighted by molar-refractivity contribution is 0.747. The zero-order valence-electron chi connectivity index (χ0n) is 7.72. The third-order valence-electron chi connectivity index (χ3n) is 2.84. The van der Waals surface area contributed by atoms with Gasteiger partial charge < -0.3 is 5.32 Å². The molecule has 0 bridgehead atoms. The van der Waals surface area contributed by atoms with Crippen molar-refractivity contribution in [1.29, 1.82) is 0 Å². The van der Waals surface area contributed by atoms with Gasteiger partial charge in [0.25, 0.3) is 0 Å². The van der Waals surface area contributed by atoms with Crippen LogP contribution < -0.4 is 5.32 Å². The van der Waals surface area contributed by atoms with E-state index in [2.05, 4.69) is 30.4 Å². The third kappa shape index (κ3) is 1.01. The van der Waals surface area contributed by atoms with Crippen molar-refractivity contribution < 1.29 is 0 Å². The summed E-state index contributed by atoms with van der Waals surface area (Å²) in [7, 11) is 2.00. The average Bonchev–Trinajstić information content (AvgIpc) is 2.48. The molecule has 0 amide bonds. The Balaban J connectivity index is 2.50. The molecule has 0 radical (unpaired) electrons. The molecule has 12 heavy (non-hydrogen) atoms. The fourth-order valence-electron chi connectivity index (χ4n) is 2.10. The van der Waals surface area contributed by atoms with Gasteiger partial charge >= 0.3 is 0 Å². The Morgan fingerprint density at radius 3 is 3.00 bits per heavy atom. The van der Waals surface area contributed by atoms with Crippen molar-refractivity contribution >= 4 is 5.69 Å². The van der Waals surface area contributed by atoms with Gasteiger partial charge in [0.15, 0.2) is 0 Å². The van der Waals surface area contributed by atoms with Crippen molar-refractivity contribution in [3.63, 3.8) is 0 Å². The summed E-state index contributed by atoms with van der Waals surface area (Å²) in [4.78, 5) is 0. The molecule has 0 aromatic heterocycles. The Morgan fingerprint density at radius 1 is 1.42 bits per heavy atom. The Labute approximate surface area is 73.8 Å². The van der Waals surface area contributed by atoms with E-state index in [1.54, 1.807) is 5.56 Å². The number of hydrogen-bond donors (Lipinski definition) is 1. The highest BCUT2D eigenvalue weighted by molar-refractivity contribution is 5.57. The van der Waals surface area contributed by atoms with Crippen molar-refractivity contribution in [1.82, 2.24) is 0 Å². The lowest BCUT2D eigenvalue weighted by Gasteiger charge is -2.08. The Kier molecular flexibility index (Phi) is 1.80. The second-order valence-corrected chi connectivity index (χ2v) is 3.56. The largest absolute Gasteiger partial charge is 0.388 e. The first-order valence-electron chi connectivity index (χ1n) is 4.62. The molecule has 1 aromatic carbocycles. The van der Waals surface area contributed by atoms with E-state index in [1.807, 2.05) is 7.05 Å². The summed E-state index contributed by atoms with van der Waals surface area (Å²) in [6.07, 6.45) is 2.56. The molecule has 0 aliphatic heterocycles. The highest BCUT2D eigenvalue weighted by atomic mass is 14.8. The quantitative estimate of drug-likeness (QED) is 0.667. The maximum Gasteiger partial charge on any atom is 0.0372 e. The maximum absolute atomic E-state index is 3.25. The summed E-state index contributed by atoms with van der Waals surface area (Å²) in [6.45, 7) is 2.31. The van der Waals surface area contributed by atoms with Crippen molar-refractivity contribution in [2.24, 2.45) is 0 Å². The van der Waals surface area contributed by atoms with Crippen LogP contribution >= 0.6 is 0 Å². The Hall–Kier alpha value is -0.980. The lowest BCUT2D eigenvalue weighted by Crippen LogP contribution is -1.94. The molecule has 0 spiro atoms. The molecular weight excluding hydrogens is 146 g/mol. The van der Waals surface area contributed by atoms with Crippen LogP contribution in [-0.4, -0.2) is 7.05 Å². The number of fused-ring (bicyclic) bond motifs is 1. The molecule has 1 unspecified atom stereocenters. The SMILES string of the molecule is CNc1cccc2c1CCC2C. The van der Waals surface area contributed by atoms with Gasteiger partial charge in [-0.25, -0.2) is 0 Å². The molecule has 64 valence electrons. The van der Waals surface area contributed by atoms with E-state index in [9.17, 15) is 0 Å². The minimum atomic E-state index is 0.758. The second-order valence-electron chi connectivity index (χ2n) is 3.56. The minimum Gasteiger partial charge on any atom is -0.388 e. The molecule has 1 N–H and O–H groups in total. The van der Waals surface area contributed by atoms with E-state index in [0.717, 1.165) is 5.92 Å². The smallest absolute Gasteiger partial charge is 0.0372 e. The summed E-state index contributed by atoms with van der Waals surface area (Å²) in [5, 5.41) is 3.25. The topological polar surface area (TPSA) is 12.0 Å². The molecule has 1 aliphatic rings. The van der Waals surface area contributed by atoms with Crippen LogP contribution in [0.1, 0.15) is 30.4 Å². The van der Waals surface area contributed by atoms with E-state index in [0.29, 0.717) is 0 Å². The average molecular weight is 161 g/mol. The Bertz CT molecular complexity index is 291. The predicted molar refractivity (Wildman–Crippen MR) is 52.7 cm³/mol. The number of hydrogen-bond acceptors (Lipinski definition) is 1. The standard InChI is InChI=1S/C11H15N/c1-8-6-7-10-9(8)4-3-5-11(10)12-2/h3-5,8,12H,6-7H2,1-2H3. The Morgan fingerprint density at radius 2 is 2.25 bits per heavy atom. The first-order valence-corrected chi connectivity index (χ1v) is 4.62. The van der Waals surface area contributed by atoms with Crippen molar-refractivity contribution in [3.05, 3.63) is 29.3 Å². The minimum absolute atomic E-state index is 0.758. The fourth-order valence-corrected chi connectivity index (χ4v) is 2.10. The van der Waals surface area contributed by atoms with Crippen LogP contribution in [0, 0.1) is 0 Å². The zero-order valence-corrected chi connectivity index (χ0v) is 7.72. The van der Waals surface area contributed by atoms with Crippen LogP contribution in [-0.2, 0) is 6.42 Å². The van der Waals surface area contributed by atoms with Gasteiger partial charge in [-0.3, -0.25) is 0 Å². The molecule has 1 nitrogen and oxygen atoms in total. The summed E-state index contributed by atoms with van der Waals surface area (Å²) >= 11 is 0. The molecule has 0 saturated heterocycles. The van der Waals surface area contributed by atoms with Gasteiger partial charge in [0.1, 0.15) is 0 Å². The fraction of sp³-hybridized carbons (Fsp3) is 0.455. The van der Waals surface area contributed by atoms with Crippen LogP contribution in [0.5, 0.6) is 0 Å². The van der Waals surface area contributed by atoms with E-state index in [1.165, 1.54) is 24.1 Å². The monoisotopic (exact) mass is 161 g/mol. The van der Waals surface area contributed by atoms with Gasteiger partial charge in [-0.1, -0.05) is 19.1 Å². The second kappa shape index (κ2) is 2.81. The van der Waals surface area contributed by atoms with Crippen molar-refractivity contribution in [2.45, 2.75) is 25.7 Å². The molecule has 1 atom stereocenters. The maximum atomic E-state index is 3.25. The highest BCUT2D eigenvalue weighted by Crippen LogP contribution is 2.36. The molecule has 1 aliphatic carbocycles. The summed E-state index contributed by atoms with van der Waals surface area (Å²) in [6, 6.07) is 6.57. The van der Waals surface area contributed by atoms with Gasteiger partial charge in [-0.15, -0.1) is 0 Å². The van der Waals surface area contributed by atoms with Gasteiger partial charge in [0, 0.05) is 12.7 Å². The van der Waals surface area contributed by atoms with Crippen LogP contribution in [0.15, 0.2) is 18.2 Å². The first kappa shape index (κ1) is 7.66. The van der Waals surface area contributed by atoms with Crippen LogP contribution in [0.2, 0.25) is 0 Å². The van der Waals surface area contributed by atoms with Crippen LogP contribution in [0.3, 0.4) is 0 Å². The molecule has 2 rings (SSSR count). The van der Waals surface area contributed by atoms with Gasteiger partial charge in [0.05, 0.1) is 0 Å². The van der Waals surface area contributed by atoms with E-state index in [4.69, 9.17) is 0 Å². The normalized spacial score (nSPS) is 20.7. The van der Waals surface area contributed by atoms with Crippen molar-refractivity contribution in [3.8, 4) is 0 Å². The number of nitrogens with one attached hydrogen (secondary N) is 1. The van der Waals surface area contributed by atoms with Crippen molar-refractivity contribution in [2.75, 3.05) is 12.4 Å². The van der Waals surface area contributed by atoms with Gasteiger partial charge in [-0.2, -0.15) is 0 Å². The van der Waals surface area contributed by atoms with Gasteiger partial charge in [-0.05, 0) is 36.0 Å². The van der Waals surface area contributed by atoms with Gasteiger partial charge in [0.2, 0.25) is 0 Å². The van der Waals surface area contributed by atoms with Crippen LogP contribution in [0.25, 0.3) is 0 Å². The number of benzene rings is 1. The first-order chi connectivity index (χ1) is 5.83. The van der Waals surface area contributed by atoms with E-state index >= 15 is 0 Å². The number of anilines is 1. The predicted octanol–water partition coefficient (Wildman–Crippen LogP) is 2.78. The third-order valence-corrected chi connectivity index (χ3v) is 2.84. The molecule has 1 aromatic rings. The zero-order chi connectivity index (χ0) is 8.55. The molecule has 1 heteroatoms. The number of rotatable bonds is 1. The highest BCUT2D eigenvalue weighted by Gasteiger charge is 2.19. The van der Waals surface area contributed by atoms with E-state index < -0.39 is 0 Å². The summed E-state index contributed by atoms with van der Waals surface area (Å²) in [5.41, 5.74) is 4.39. The lowest BCUT2D eigenvalue weighted by atomic mass is 10.0. The molecule has 0 saturated carbocycles. The summed E-state index contributed by atoms with van der Waals surface area (Å²) in [5.74, 6) is 0.758. The molecule has 0 fully saturated rings.